The minimum Gasteiger partial charge on any atom is -0.351 e. The summed E-state index contributed by atoms with van der Waals surface area (Å²) < 4.78 is 24.9. The Balaban J connectivity index is 2.48. The van der Waals surface area contributed by atoms with E-state index in [1.165, 1.54) is 10.6 Å². The number of hydrogen-bond acceptors (Lipinski definition) is 3. The monoisotopic (exact) mass is 326 g/mol. The van der Waals surface area contributed by atoms with Crippen LogP contribution in [0.2, 0.25) is 0 Å². The molecule has 0 aromatic heterocycles. The van der Waals surface area contributed by atoms with Crippen LogP contribution >= 0.6 is 0 Å². The predicted molar refractivity (Wildman–Crippen MR) is 89.5 cm³/mol. The van der Waals surface area contributed by atoms with Crippen LogP contribution in [-0.2, 0) is 10.0 Å². The summed E-state index contributed by atoms with van der Waals surface area (Å²) in [5.74, 6) is -0.179. The Hall–Kier alpha value is -1.40. The number of aryl methyl sites for hydroxylation is 1. The topological polar surface area (TPSA) is 66.5 Å². The first-order valence-corrected chi connectivity index (χ1v) is 9.49. The van der Waals surface area contributed by atoms with Gasteiger partial charge in [-0.25, -0.2) is 12.7 Å². The van der Waals surface area contributed by atoms with Gasteiger partial charge in [-0.05, 0) is 25.5 Å². The van der Waals surface area contributed by atoms with Crippen molar-refractivity contribution in [2.24, 2.45) is 0 Å². The van der Waals surface area contributed by atoms with E-state index in [-0.39, 0.29) is 5.91 Å². The zero-order valence-electron chi connectivity index (χ0n) is 13.6. The lowest BCUT2D eigenvalue weighted by molar-refractivity contribution is 0.0951. The number of hydrogen-bond donors (Lipinski definition) is 1. The highest BCUT2D eigenvalue weighted by Crippen LogP contribution is 2.04. The molecular weight excluding hydrogens is 300 g/mol. The van der Waals surface area contributed by atoms with Gasteiger partial charge in [-0.3, -0.25) is 4.79 Å². The number of amides is 1. The van der Waals surface area contributed by atoms with Crippen LogP contribution in [0.3, 0.4) is 0 Å². The van der Waals surface area contributed by atoms with Crippen LogP contribution < -0.4 is 5.32 Å². The van der Waals surface area contributed by atoms with E-state index in [1.54, 1.807) is 12.1 Å². The Kier molecular flexibility index (Phi) is 7.55. The van der Waals surface area contributed by atoms with E-state index in [9.17, 15) is 13.2 Å². The number of unbranched alkanes of at least 4 members (excludes halogenated alkanes) is 2. The van der Waals surface area contributed by atoms with Crippen LogP contribution in [0, 0.1) is 6.92 Å². The second kappa shape index (κ2) is 8.90. The first kappa shape index (κ1) is 18.6. The van der Waals surface area contributed by atoms with E-state index in [1.807, 2.05) is 19.1 Å². The number of nitrogens with one attached hydrogen (secondary N) is 1. The fourth-order valence-corrected chi connectivity index (χ4v) is 2.97. The highest BCUT2D eigenvalue weighted by Gasteiger charge is 2.16. The molecule has 0 bridgehead atoms. The van der Waals surface area contributed by atoms with Gasteiger partial charge >= 0.3 is 0 Å². The summed E-state index contributed by atoms with van der Waals surface area (Å²) in [5, 5.41) is 2.77. The van der Waals surface area contributed by atoms with Gasteiger partial charge < -0.3 is 5.32 Å². The maximum absolute atomic E-state index is 12.0. The van der Waals surface area contributed by atoms with E-state index in [0.717, 1.165) is 24.8 Å². The Morgan fingerprint density at radius 3 is 2.32 bits per heavy atom. The van der Waals surface area contributed by atoms with Crippen LogP contribution in [0.4, 0.5) is 0 Å². The van der Waals surface area contributed by atoms with Crippen molar-refractivity contribution in [2.75, 3.05) is 25.9 Å². The summed E-state index contributed by atoms with van der Waals surface area (Å²) in [5.41, 5.74) is 1.68. The number of rotatable bonds is 9. The number of carbonyl (C=O) groups is 1. The van der Waals surface area contributed by atoms with Crippen molar-refractivity contribution >= 4 is 15.9 Å². The first-order chi connectivity index (χ1) is 10.3. The molecule has 0 spiro atoms. The summed E-state index contributed by atoms with van der Waals surface area (Å²) in [4.78, 5) is 12.0. The molecule has 0 saturated carbocycles. The largest absolute Gasteiger partial charge is 0.351 e. The first-order valence-electron chi connectivity index (χ1n) is 7.64. The molecule has 1 aromatic carbocycles. The highest BCUT2D eigenvalue weighted by molar-refractivity contribution is 7.88. The van der Waals surface area contributed by atoms with Crippen LogP contribution in [0.5, 0.6) is 0 Å². The Morgan fingerprint density at radius 2 is 1.77 bits per heavy atom. The molecule has 124 valence electrons. The van der Waals surface area contributed by atoms with Gasteiger partial charge in [0.2, 0.25) is 10.0 Å². The molecule has 0 atom stereocenters. The van der Waals surface area contributed by atoms with Crippen molar-refractivity contribution in [3.05, 3.63) is 35.4 Å². The number of sulfonamides is 1. The lowest BCUT2D eigenvalue weighted by atomic mass is 10.1. The quantitative estimate of drug-likeness (QED) is 0.707. The van der Waals surface area contributed by atoms with E-state index < -0.39 is 10.0 Å². The maximum Gasteiger partial charge on any atom is 0.251 e. The standard InChI is InChI=1S/C16H26N2O3S/c1-4-5-6-12-18(22(3,20)21)13-11-17-16(19)15-9-7-14(2)8-10-15/h7-10H,4-6,11-13H2,1-3H3,(H,17,19). The summed E-state index contributed by atoms with van der Waals surface area (Å²) >= 11 is 0. The maximum atomic E-state index is 12.0. The van der Waals surface area contributed by atoms with Crippen molar-refractivity contribution < 1.29 is 13.2 Å². The molecular formula is C16H26N2O3S. The normalized spacial score (nSPS) is 11.6. The second-order valence-electron chi connectivity index (χ2n) is 5.49. The molecule has 0 aliphatic heterocycles. The summed E-state index contributed by atoms with van der Waals surface area (Å²) in [6.07, 6.45) is 4.10. The van der Waals surface area contributed by atoms with Gasteiger partial charge in [0.25, 0.3) is 5.91 Å². The predicted octanol–water partition coefficient (Wildman–Crippen LogP) is 2.18. The van der Waals surface area contributed by atoms with Crippen molar-refractivity contribution in [3.8, 4) is 0 Å². The lowest BCUT2D eigenvalue weighted by Gasteiger charge is -2.20. The molecule has 0 fully saturated rings. The summed E-state index contributed by atoms with van der Waals surface area (Å²) in [7, 11) is -3.23. The highest BCUT2D eigenvalue weighted by atomic mass is 32.2. The number of carbonyl (C=O) groups excluding carboxylic acids is 1. The fourth-order valence-electron chi connectivity index (χ4n) is 2.08. The van der Waals surface area contributed by atoms with Crippen LogP contribution in [-0.4, -0.2) is 44.5 Å². The molecule has 1 amide bonds. The average molecular weight is 326 g/mol. The zero-order valence-corrected chi connectivity index (χ0v) is 14.4. The van der Waals surface area contributed by atoms with Crippen LogP contribution in [0.25, 0.3) is 0 Å². The Labute approximate surface area is 133 Å². The van der Waals surface area contributed by atoms with E-state index in [0.29, 0.717) is 25.2 Å². The lowest BCUT2D eigenvalue weighted by Crippen LogP contribution is -2.38. The molecule has 1 rings (SSSR count). The molecule has 6 heteroatoms. The minimum atomic E-state index is -3.23. The Morgan fingerprint density at radius 1 is 1.14 bits per heavy atom. The SMILES string of the molecule is CCCCCN(CCNC(=O)c1ccc(C)cc1)S(C)(=O)=O. The van der Waals surface area contributed by atoms with Gasteiger partial charge in [0.15, 0.2) is 0 Å². The van der Waals surface area contributed by atoms with Crippen LogP contribution in [0.1, 0.15) is 42.1 Å². The molecule has 0 heterocycles. The molecule has 0 unspecified atom stereocenters. The summed E-state index contributed by atoms with van der Waals surface area (Å²) in [6.45, 7) is 5.16. The molecule has 0 saturated heterocycles. The third-order valence-corrected chi connectivity index (χ3v) is 4.74. The zero-order chi connectivity index (χ0) is 16.6. The third kappa shape index (κ3) is 6.58. The number of nitrogens with zero attached hydrogens (tertiary/aromatic N) is 1. The van der Waals surface area contributed by atoms with Gasteiger partial charge in [-0.1, -0.05) is 37.5 Å². The van der Waals surface area contributed by atoms with Gasteiger partial charge in [-0.15, -0.1) is 0 Å². The van der Waals surface area contributed by atoms with Crippen LogP contribution in [0.15, 0.2) is 24.3 Å². The smallest absolute Gasteiger partial charge is 0.251 e. The molecule has 1 N–H and O–H groups in total. The van der Waals surface area contributed by atoms with E-state index in [2.05, 4.69) is 12.2 Å². The molecule has 5 nitrogen and oxygen atoms in total. The number of benzene rings is 1. The molecule has 1 aromatic rings. The van der Waals surface area contributed by atoms with Gasteiger partial charge in [0.1, 0.15) is 0 Å². The molecule has 0 aliphatic carbocycles. The van der Waals surface area contributed by atoms with Gasteiger partial charge in [0.05, 0.1) is 6.26 Å². The van der Waals surface area contributed by atoms with Crippen molar-refractivity contribution in [1.82, 2.24) is 9.62 Å². The third-order valence-electron chi connectivity index (χ3n) is 3.44. The Bertz CT molecular complexity index is 568. The second-order valence-corrected chi connectivity index (χ2v) is 7.47. The fraction of sp³-hybridized carbons (Fsp3) is 0.562. The minimum absolute atomic E-state index is 0.179. The molecule has 0 radical (unpaired) electrons. The van der Waals surface area contributed by atoms with Gasteiger partial charge in [0, 0.05) is 25.2 Å². The summed E-state index contributed by atoms with van der Waals surface area (Å²) in [6, 6.07) is 7.28. The van der Waals surface area contributed by atoms with Crippen molar-refractivity contribution in [1.29, 1.82) is 0 Å². The van der Waals surface area contributed by atoms with E-state index in [4.69, 9.17) is 0 Å². The van der Waals surface area contributed by atoms with Crippen molar-refractivity contribution in [3.63, 3.8) is 0 Å². The van der Waals surface area contributed by atoms with E-state index >= 15 is 0 Å². The molecule has 22 heavy (non-hydrogen) atoms. The molecule has 0 aliphatic rings. The van der Waals surface area contributed by atoms with Crippen molar-refractivity contribution in [2.45, 2.75) is 33.1 Å². The van der Waals surface area contributed by atoms with Gasteiger partial charge in [-0.2, -0.15) is 0 Å². The average Bonchev–Trinajstić information content (AvgIpc) is 2.45.